The Hall–Kier alpha value is -1.30. The maximum atomic E-state index is 13.1. The van der Waals surface area contributed by atoms with Gasteiger partial charge in [-0.2, -0.15) is 0 Å². The second-order valence-electron chi connectivity index (χ2n) is 7.32. The molecule has 5 nitrogen and oxygen atoms in total. The minimum absolute atomic E-state index is 0. The zero-order chi connectivity index (χ0) is 17.7. The van der Waals surface area contributed by atoms with Crippen molar-refractivity contribution >= 4 is 18.3 Å². The van der Waals surface area contributed by atoms with Gasteiger partial charge in [0.1, 0.15) is 5.75 Å². The van der Waals surface area contributed by atoms with Gasteiger partial charge in [0.15, 0.2) is 0 Å². The maximum Gasteiger partial charge on any atom is 0.230 e. The summed E-state index contributed by atoms with van der Waals surface area (Å²) in [6.45, 7) is 7.91. The Morgan fingerprint density at radius 2 is 1.96 bits per heavy atom. The normalized spacial score (nSPS) is 19.6. The molecule has 1 aliphatic heterocycles. The fourth-order valence-electron chi connectivity index (χ4n) is 4.17. The van der Waals surface area contributed by atoms with Crippen molar-refractivity contribution in [3.63, 3.8) is 0 Å². The van der Waals surface area contributed by atoms with E-state index in [1.807, 2.05) is 6.92 Å². The molecule has 1 amide bonds. The van der Waals surface area contributed by atoms with Crippen LogP contribution in [0.25, 0.3) is 0 Å². The lowest BCUT2D eigenvalue weighted by atomic mass is 9.77. The topological polar surface area (TPSA) is 53.6 Å². The summed E-state index contributed by atoms with van der Waals surface area (Å²) in [5.74, 6) is 1.06. The molecule has 0 unspecified atom stereocenters. The second-order valence-corrected chi connectivity index (χ2v) is 7.32. The van der Waals surface area contributed by atoms with Crippen LogP contribution in [0, 0.1) is 6.92 Å². The number of halogens is 1. The van der Waals surface area contributed by atoms with Gasteiger partial charge in [-0.25, -0.2) is 0 Å². The van der Waals surface area contributed by atoms with E-state index in [0.29, 0.717) is 0 Å². The highest BCUT2D eigenvalue weighted by Gasteiger charge is 2.42. The van der Waals surface area contributed by atoms with E-state index in [9.17, 15) is 4.79 Å². The number of ether oxygens (including phenoxy) is 1. The van der Waals surface area contributed by atoms with Gasteiger partial charge in [0.05, 0.1) is 12.5 Å². The van der Waals surface area contributed by atoms with Crippen molar-refractivity contribution < 1.29 is 9.53 Å². The molecule has 1 heterocycles. The third kappa shape index (κ3) is 4.51. The quantitative estimate of drug-likeness (QED) is 0.793. The molecular formula is C20H32ClN3O2. The first-order chi connectivity index (χ1) is 12.2. The fourth-order valence-corrected chi connectivity index (χ4v) is 4.17. The lowest BCUT2D eigenvalue weighted by molar-refractivity contribution is -0.126. The lowest BCUT2D eigenvalue weighted by Gasteiger charge is -2.31. The summed E-state index contributed by atoms with van der Waals surface area (Å²) >= 11 is 0. The molecule has 0 spiro atoms. The molecule has 1 saturated carbocycles. The number of methoxy groups -OCH3 is 1. The number of amides is 1. The maximum absolute atomic E-state index is 13.1. The van der Waals surface area contributed by atoms with Gasteiger partial charge in [0.25, 0.3) is 0 Å². The molecule has 2 fully saturated rings. The van der Waals surface area contributed by atoms with E-state index in [4.69, 9.17) is 4.74 Å². The van der Waals surface area contributed by atoms with Crippen molar-refractivity contribution in [3.05, 3.63) is 29.3 Å². The number of nitrogens with zero attached hydrogens (tertiary/aromatic N) is 1. The van der Waals surface area contributed by atoms with Crippen LogP contribution in [0.5, 0.6) is 5.75 Å². The summed E-state index contributed by atoms with van der Waals surface area (Å²) in [6.07, 6.45) is 4.08. The molecule has 3 rings (SSSR count). The molecule has 26 heavy (non-hydrogen) atoms. The van der Waals surface area contributed by atoms with E-state index in [-0.39, 0.29) is 23.7 Å². The number of hydrogen-bond donors (Lipinski definition) is 2. The van der Waals surface area contributed by atoms with Crippen molar-refractivity contribution in [2.24, 2.45) is 0 Å². The first kappa shape index (κ1) is 21.0. The van der Waals surface area contributed by atoms with Crippen LogP contribution in [0.1, 0.15) is 36.8 Å². The van der Waals surface area contributed by atoms with Crippen LogP contribution in [-0.4, -0.2) is 57.2 Å². The third-order valence-electron chi connectivity index (χ3n) is 5.78. The molecule has 0 aromatic heterocycles. The minimum Gasteiger partial charge on any atom is -0.496 e. The van der Waals surface area contributed by atoms with E-state index in [0.717, 1.165) is 81.8 Å². The van der Waals surface area contributed by atoms with Crippen LogP contribution in [0.3, 0.4) is 0 Å². The van der Waals surface area contributed by atoms with Crippen LogP contribution in [0.2, 0.25) is 0 Å². The molecule has 1 aromatic rings. The molecular weight excluding hydrogens is 350 g/mol. The number of rotatable bonds is 6. The van der Waals surface area contributed by atoms with Crippen LogP contribution < -0.4 is 15.4 Å². The molecule has 146 valence electrons. The number of piperazine rings is 1. The number of aryl methyl sites for hydroxylation is 1. The van der Waals surface area contributed by atoms with Gasteiger partial charge in [-0.1, -0.05) is 25.0 Å². The Labute approximate surface area is 163 Å². The van der Waals surface area contributed by atoms with Gasteiger partial charge in [0, 0.05) is 39.3 Å². The average molecular weight is 382 g/mol. The summed E-state index contributed by atoms with van der Waals surface area (Å²) in [5, 5.41) is 6.58. The molecule has 2 aliphatic rings. The molecule has 1 saturated heterocycles. The van der Waals surface area contributed by atoms with Gasteiger partial charge in [0.2, 0.25) is 5.91 Å². The first-order valence-corrected chi connectivity index (χ1v) is 9.52. The monoisotopic (exact) mass is 381 g/mol. The Balaban J connectivity index is 0.00000243. The summed E-state index contributed by atoms with van der Waals surface area (Å²) in [7, 11) is 1.70. The zero-order valence-corrected chi connectivity index (χ0v) is 16.8. The van der Waals surface area contributed by atoms with Gasteiger partial charge in [-0.15, -0.1) is 12.4 Å². The Morgan fingerprint density at radius 1 is 1.27 bits per heavy atom. The third-order valence-corrected chi connectivity index (χ3v) is 5.78. The molecule has 1 aromatic carbocycles. The van der Waals surface area contributed by atoms with Crippen molar-refractivity contribution in [2.75, 3.05) is 46.4 Å². The highest BCUT2D eigenvalue weighted by molar-refractivity contribution is 5.88. The summed E-state index contributed by atoms with van der Waals surface area (Å²) in [5.41, 5.74) is 1.83. The molecule has 0 atom stereocenters. The number of nitrogens with one attached hydrogen (secondary N) is 2. The number of benzene rings is 1. The van der Waals surface area contributed by atoms with Crippen LogP contribution >= 0.6 is 12.4 Å². The SMILES string of the molecule is COc1cc(C2(C(=O)NCCN3CCNCC3)CCCC2)ccc1C.Cl. The van der Waals surface area contributed by atoms with Gasteiger partial charge in [-0.3, -0.25) is 9.69 Å². The first-order valence-electron chi connectivity index (χ1n) is 9.52. The van der Waals surface area contributed by atoms with E-state index in [1.54, 1.807) is 7.11 Å². The molecule has 1 aliphatic carbocycles. The fraction of sp³-hybridized carbons (Fsp3) is 0.650. The van der Waals surface area contributed by atoms with Crippen molar-refractivity contribution in [2.45, 2.75) is 38.0 Å². The standard InChI is InChI=1S/C20H31N3O2.ClH/c1-16-5-6-17(15-18(16)25-2)20(7-3-4-8-20)19(24)22-11-14-23-12-9-21-10-13-23;/h5-6,15,21H,3-4,7-14H2,1-2H3,(H,22,24);1H. The predicted octanol–water partition coefficient (Wildman–Crippen LogP) is 2.26. The van der Waals surface area contributed by atoms with Gasteiger partial charge >= 0.3 is 0 Å². The highest BCUT2D eigenvalue weighted by atomic mass is 35.5. The van der Waals surface area contributed by atoms with Crippen LogP contribution in [0.15, 0.2) is 18.2 Å². The zero-order valence-electron chi connectivity index (χ0n) is 16.0. The van der Waals surface area contributed by atoms with Crippen molar-refractivity contribution in [1.29, 1.82) is 0 Å². The molecule has 0 radical (unpaired) electrons. The van der Waals surface area contributed by atoms with Crippen LogP contribution in [-0.2, 0) is 10.2 Å². The van der Waals surface area contributed by atoms with E-state index >= 15 is 0 Å². The largest absolute Gasteiger partial charge is 0.496 e. The highest BCUT2D eigenvalue weighted by Crippen LogP contribution is 2.42. The second kappa shape index (κ2) is 9.58. The van der Waals surface area contributed by atoms with E-state index in [2.05, 4.69) is 33.7 Å². The molecule has 2 N–H and O–H groups in total. The Bertz CT molecular complexity index is 597. The number of hydrogen-bond acceptors (Lipinski definition) is 4. The van der Waals surface area contributed by atoms with Crippen molar-refractivity contribution in [1.82, 2.24) is 15.5 Å². The molecule has 6 heteroatoms. The van der Waals surface area contributed by atoms with Gasteiger partial charge < -0.3 is 15.4 Å². The summed E-state index contributed by atoms with van der Waals surface area (Å²) in [4.78, 5) is 15.5. The average Bonchev–Trinajstić information content (AvgIpc) is 3.14. The Morgan fingerprint density at radius 3 is 2.62 bits per heavy atom. The summed E-state index contributed by atoms with van der Waals surface area (Å²) < 4.78 is 5.49. The van der Waals surface area contributed by atoms with Gasteiger partial charge in [-0.05, 0) is 37.0 Å². The number of carbonyl (C=O) groups excluding carboxylic acids is 1. The summed E-state index contributed by atoms with van der Waals surface area (Å²) in [6, 6.07) is 6.25. The smallest absolute Gasteiger partial charge is 0.230 e. The van der Waals surface area contributed by atoms with Crippen molar-refractivity contribution in [3.8, 4) is 5.75 Å². The van der Waals surface area contributed by atoms with E-state index < -0.39 is 0 Å². The number of carbonyl (C=O) groups is 1. The van der Waals surface area contributed by atoms with Crippen LogP contribution in [0.4, 0.5) is 0 Å². The Kier molecular flexibility index (Phi) is 7.74. The van der Waals surface area contributed by atoms with E-state index in [1.165, 1.54) is 0 Å². The predicted molar refractivity (Wildman–Crippen MR) is 107 cm³/mol. The minimum atomic E-state index is -0.384. The lowest BCUT2D eigenvalue weighted by Crippen LogP contribution is -2.48. The molecule has 0 bridgehead atoms.